The van der Waals surface area contributed by atoms with Gasteiger partial charge in [0.2, 0.25) is 10.0 Å². The van der Waals surface area contributed by atoms with Crippen molar-refractivity contribution < 1.29 is 17.7 Å². The second-order valence-corrected chi connectivity index (χ2v) is 8.24. The molecular formula is C17H32IN5O4S. The van der Waals surface area contributed by atoms with Crippen molar-refractivity contribution in [3.63, 3.8) is 0 Å². The van der Waals surface area contributed by atoms with E-state index in [0.717, 1.165) is 45.1 Å². The number of nitrogens with one attached hydrogen (secondary N) is 1. The maximum Gasteiger partial charge on any atom is 0.220 e. The molecule has 1 fully saturated rings. The van der Waals surface area contributed by atoms with Gasteiger partial charge in [0.25, 0.3) is 0 Å². The van der Waals surface area contributed by atoms with Crippen molar-refractivity contribution in [3.8, 4) is 0 Å². The van der Waals surface area contributed by atoms with Crippen LogP contribution in [0.2, 0.25) is 0 Å². The van der Waals surface area contributed by atoms with Gasteiger partial charge < -0.3 is 19.5 Å². The molecule has 0 spiro atoms. The molecule has 0 saturated carbocycles. The summed E-state index contributed by atoms with van der Waals surface area (Å²) < 4.78 is 36.6. The molecule has 0 unspecified atom stereocenters. The average Bonchev–Trinajstić information content (AvgIpc) is 3.16. The smallest absolute Gasteiger partial charge is 0.220 e. The number of guanidine groups is 1. The normalized spacial score (nSPS) is 16.1. The van der Waals surface area contributed by atoms with Crippen molar-refractivity contribution in [3.05, 3.63) is 18.0 Å². The number of unbranched alkanes of at least 4 members (excludes halogenated alkanes) is 1. The van der Waals surface area contributed by atoms with Crippen molar-refractivity contribution in [1.29, 1.82) is 0 Å². The highest BCUT2D eigenvalue weighted by atomic mass is 127. The lowest BCUT2D eigenvalue weighted by atomic mass is 10.3. The molecule has 0 atom stereocenters. The maximum absolute atomic E-state index is 12.5. The van der Waals surface area contributed by atoms with E-state index in [1.807, 2.05) is 13.8 Å². The summed E-state index contributed by atoms with van der Waals surface area (Å²) in [5, 5.41) is 6.99. The van der Waals surface area contributed by atoms with Gasteiger partial charge in [0.15, 0.2) is 5.96 Å². The number of ether oxygens (including phenoxy) is 1. The predicted molar refractivity (Wildman–Crippen MR) is 119 cm³/mol. The summed E-state index contributed by atoms with van der Waals surface area (Å²) in [5.41, 5.74) is 0.430. The standard InChI is InChI=1S/C17H31N5O4S.HI/c1-3-18-17(19-8-5-6-13-25-4-2)21-9-11-22(12-10-21)27(23,24)15-16-7-14-26-20-16;/h7,14H,3-6,8-13,15H2,1-2H3,(H,18,19);1H. The van der Waals surface area contributed by atoms with E-state index in [-0.39, 0.29) is 29.7 Å². The largest absolute Gasteiger partial charge is 0.382 e. The minimum Gasteiger partial charge on any atom is -0.382 e. The molecule has 2 rings (SSSR count). The van der Waals surface area contributed by atoms with Crippen LogP contribution in [0.5, 0.6) is 0 Å². The number of sulfonamides is 1. The van der Waals surface area contributed by atoms with E-state index in [9.17, 15) is 8.42 Å². The lowest BCUT2D eigenvalue weighted by Crippen LogP contribution is -2.53. The van der Waals surface area contributed by atoms with Crippen LogP contribution in [0.25, 0.3) is 0 Å². The summed E-state index contributed by atoms with van der Waals surface area (Å²) in [7, 11) is -3.39. The van der Waals surface area contributed by atoms with Gasteiger partial charge in [-0.2, -0.15) is 4.31 Å². The number of aromatic nitrogens is 1. The second-order valence-electron chi connectivity index (χ2n) is 6.27. The third-order valence-electron chi connectivity index (χ3n) is 4.25. The molecule has 0 aromatic carbocycles. The van der Waals surface area contributed by atoms with Crippen LogP contribution in [0, 0.1) is 0 Å². The molecular weight excluding hydrogens is 497 g/mol. The fourth-order valence-electron chi connectivity index (χ4n) is 2.84. The number of halogens is 1. The minimum atomic E-state index is -3.39. The van der Waals surface area contributed by atoms with Gasteiger partial charge in [-0.1, -0.05) is 5.16 Å². The Labute approximate surface area is 184 Å². The monoisotopic (exact) mass is 529 g/mol. The summed E-state index contributed by atoms with van der Waals surface area (Å²) >= 11 is 0. The molecule has 0 amide bonds. The van der Waals surface area contributed by atoms with Crippen LogP contribution in [-0.4, -0.2) is 81.2 Å². The minimum absolute atomic E-state index is 0. The van der Waals surface area contributed by atoms with Gasteiger partial charge in [-0.05, 0) is 26.7 Å². The first kappa shape index (κ1) is 25.1. The predicted octanol–water partition coefficient (Wildman–Crippen LogP) is 1.52. The Morgan fingerprint density at radius 3 is 2.64 bits per heavy atom. The van der Waals surface area contributed by atoms with Crippen molar-refractivity contribution >= 4 is 40.0 Å². The first-order valence-corrected chi connectivity index (χ1v) is 11.2. The van der Waals surface area contributed by atoms with Crippen molar-refractivity contribution in [2.45, 2.75) is 32.4 Å². The van der Waals surface area contributed by atoms with Crippen LogP contribution < -0.4 is 5.32 Å². The molecule has 162 valence electrons. The van der Waals surface area contributed by atoms with Crippen LogP contribution in [0.4, 0.5) is 0 Å². The van der Waals surface area contributed by atoms with Crippen LogP contribution in [-0.2, 0) is 20.5 Å². The Morgan fingerprint density at radius 2 is 2.04 bits per heavy atom. The Morgan fingerprint density at radius 1 is 1.29 bits per heavy atom. The third kappa shape index (κ3) is 8.21. The highest BCUT2D eigenvalue weighted by molar-refractivity contribution is 14.0. The van der Waals surface area contributed by atoms with Gasteiger partial charge in [0, 0.05) is 58.5 Å². The van der Waals surface area contributed by atoms with Gasteiger partial charge in [-0.15, -0.1) is 24.0 Å². The first-order valence-electron chi connectivity index (χ1n) is 9.55. The quantitative estimate of drug-likeness (QED) is 0.212. The Kier molecular flexibility index (Phi) is 12.0. The Bertz CT molecular complexity index is 661. The van der Waals surface area contributed by atoms with Gasteiger partial charge in [-0.25, -0.2) is 8.42 Å². The summed E-state index contributed by atoms with van der Waals surface area (Å²) in [4.78, 5) is 6.79. The highest BCUT2D eigenvalue weighted by Crippen LogP contribution is 2.13. The zero-order valence-corrected chi connectivity index (χ0v) is 19.8. The molecule has 1 N–H and O–H groups in total. The first-order chi connectivity index (χ1) is 13.1. The number of nitrogens with zero attached hydrogens (tertiary/aromatic N) is 4. The van der Waals surface area contributed by atoms with E-state index in [0.29, 0.717) is 31.9 Å². The van der Waals surface area contributed by atoms with Crippen LogP contribution in [0.3, 0.4) is 0 Å². The van der Waals surface area contributed by atoms with Gasteiger partial charge in [0.1, 0.15) is 12.0 Å². The van der Waals surface area contributed by atoms with Gasteiger partial charge >= 0.3 is 0 Å². The summed E-state index contributed by atoms with van der Waals surface area (Å²) in [6.45, 7) is 9.16. The fourth-order valence-corrected chi connectivity index (χ4v) is 4.26. The summed E-state index contributed by atoms with van der Waals surface area (Å²) in [6.07, 6.45) is 3.35. The summed E-state index contributed by atoms with van der Waals surface area (Å²) in [5.74, 6) is 0.722. The summed E-state index contributed by atoms with van der Waals surface area (Å²) in [6, 6.07) is 1.58. The number of hydrogen-bond acceptors (Lipinski definition) is 6. The molecule has 0 bridgehead atoms. The van der Waals surface area contributed by atoms with Crippen LogP contribution in [0.15, 0.2) is 21.8 Å². The maximum atomic E-state index is 12.5. The van der Waals surface area contributed by atoms with Crippen LogP contribution in [0.1, 0.15) is 32.4 Å². The molecule has 0 radical (unpaired) electrons. The molecule has 1 aliphatic heterocycles. The number of piperazine rings is 1. The van der Waals surface area contributed by atoms with Crippen molar-refractivity contribution in [2.24, 2.45) is 4.99 Å². The zero-order chi connectivity index (χ0) is 19.5. The molecule has 1 aromatic rings. The lowest BCUT2D eigenvalue weighted by Gasteiger charge is -2.35. The van der Waals surface area contributed by atoms with Crippen molar-refractivity contribution in [1.82, 2.24) is 19.7 Å². The molecule has 0 aliphatic carbocycles. The molecule has 1 aliphatic rings. The lowest BCUT2D eigenvalue weighted by molar-refractivity contribution is 0.144. The molecule has 9 nitrogen and oxygen atoms in total. The van der Waals surface area contributed by atoms with E-state index < -0.39 is 10.0 Å². The Hall–Kier alpha value is -0.920. The van der Waals surface area contributed by atoms with E-state index >= 15 is 0 Å². The fraction of sp³-hybridized carbons (Fsp3) is 0.765. The molecule has 28 heavy (non-hydrogen) atoms. The van der Waals surface area contributed by atoms with E-state index in [1.54, 1.807) is 6.07 Å². The van der Waals surface area contributed by atoms with Crippen LogP contribution >= 0.6 is 24.0 Å². The van der Waals surface area contributed by atoms with Gasteiger partial charge in [0.05, 0.1) is 5.69 Å². The van der Waals surface area contributed by atoms with Gasteiger partial charge in [-0.3, -0.25) is 4.99 Å². The second kappa shape index (κ2) is 13.3. The molecule has 11 heteroatoms. The highest BCUT2D eigenvalue weighted by Gasteiger charge is 2.28. The number of aliphatic imine (C=N–C) groups is 1. The average molecular weight is 529 g/mol. The zero-order valence-electron chi connectivity index (χ0n) is 16.7. The number of hydrogen-bond donors (Lipinski definition) is 1. The topological polar surface area (TPSA) is 100 Å². The Balaban J connectivity index is 0.00000392. The number of rotatable bonds is 10. The molecule has 2 heterocycles. The molecule has 1 aromatic heterocycles. The van der Waals surface area contributed by atoms with E-state index in [4.69, 9.17) is 9.26 Å². The van der Waals surface area contributed by atoms with Crippen molar-refractivity contribution in [2.75, 3.05) is 52.5 Å². The molecule has 1 saturated heterocycles. The van der Waals surface area contributed by atoms with E-state index in [2.05, 4.69) is 20.4 Å². The van der Waals surface area contributed by atoms with E-state index in [1.165, 1.54) is 10.6 Å². The third-order valence-corrected chi connectivity index (χ3v) is 6.06. The SMILES string of the molecule is CCNC(=NCCCCOCC)N1CCN(S(=O)(=O)Cc2ccon2)CC1.I.